The van der Waals surface area contributed by atoms with E-state index < -0.39 is 0 Å². The third-order valence-corrected chi connectivity index (χ3v) is 1.38. The standard InChI is InChI=1S/C6H6N5.Rb/c7-4-2-1-3-5-9-6(8)10-11(4)5;/h1-3,7H,(H2,8,10);/q-1;+1. The van der Waals surface area contributed by atoms with Crippen molar-refractivity contribution >= 4 is 17.4 Å². The van der Waals surface area contributed by atoms with Crippen molar-refractivity contribution in [2.45, 2.75) is 0 Å². The number of hydrogen-bond donors (Lipinski definition) is 1. The smallest absolute Gasteiger partial charge is 0.481 e. The van der Waals surface area contributed by atoms with Gasteiger partial charge in [0.05, 0.1) is 5.65 Å². The zero-order valence-corrected chi connectivity index (χ0v) is 11.6. The molecule has 0 aliphatic rings. The van der Waals surface area contributed by atoms with Crippen LogP contribution >= 0.6 is 0 Å². The van der Waals surface area contributed by atoms with Crippen LogP contribution in [0.2, 0.25) is 0 Å². The SMILES string of the molecule is [NH-]c1cccc2nc(N)nn12.[Rb+]. The summed E-state index contributed by atoms with van der Waals surface area (Å²) in [5.74, 6) is 0.483. The van der Waals surface area contributed by atoms with Gasteiger partial charge in [0.25, 0.3) is 0 Å². The van der Waals surface area contributed by atoms with Gasteiger partial charge in [0, 0.05) is 0 Å². The molecular formula is C6H6N5Rb. The van der Waals surface area contributed by atoms with Crippen LogP contribution in [0.1, 0.15) is 0 Å². The topological polar surface area (TPSA) is 80.0 Å². The Morgan fingerprint density at radius 1 is 1.42 bits per heavy atom. The second-order valence-corrected chi connectivity index (χ2v) is 2.15. The summed E-state index contributed by atoms with van der Waals surface area (Å²) < 4.78 is 1.38. The minimum atomic E-state index is 0. The van der Waals surface area contributed by atoms with E-state index in [1.54, 1.807) is 18.2 Å². The summed E-state index contributed by atoms with van der Waals surface area (Å²) in [5.41, 5.74) is 13.3. The van der Waals surface area contributed by atoms with Crippen LogP contribution < -0.4 is 63.9 Å². The fourth-order valence-corrected chi connectivity index (χ4v) is 0.922. The summed E-state index contributed by atoms with van der Waals surface area (Å²) in [7, 11) is 0. The summed E-state index contributed by atoms with van der Waals surface area (Å²) in [6.45, 7) is 0. The van der Waals surface area contributed by atoms with Crippen molar-refractivity contribution in [2.75, 3.05) is 5.73 Å². The molecule has 0 amide bonds. The van der Waals surface area contributed by atoms with Crippen molar-refractivity contribution < 1.29 is 58.2 Å². The first-order valence-corrected chi connectivity index (χ1v) is 3.10. The van der Waals surface area contributed by atoms with E-state index in [9.17, 15) is 0 Å². The first-order valence-electron chi connectivity index (χ1n) is 3.10. The number of pyridine rings is 1. The molecule has 2 heterocycles. The van der Waals surface area contributed by atoms with E-state index in [0.29, 0.717) is 5.65 Å². The van der Waals surface area contributed by atoms with Crippen molar-refractivity contribution in [1.82, 2.24) is 14.6 Å². The Morgan fingerprint density at radius 2 is 2.17 bits per heavy atom. The number of nitrogens with zero attached hydrogens (tertiary/aromatic N) is 3. The third-order valence-electron chi connectivity index (χ3n) is 1.38. The molecule has 0 aliphatic heterocycles. The number of nitrogens with one attached hydrogen (secondary N) is 1. The van der Waals surface area contributed by atoms with Crippen LogP contribution in [0.15, 0.2) is 18.2 Å². The minimum absolute atomic E-state index is 0. The Kier molecular flexibility index (Phi) is 3.22. The van der Waals surface area contributed by atoms with Gasteiger partial charge in [-0.3, -0.25) is 0 Å². The first kappa shape index (κ1) is 10.1. The van der Waals surface area contributed by atoms with E-state index in [1.807, 2.05) is 0 Å². The quantitative estimate of drug-likeness (QED) is 0.572. The second kappa shape index (κ2) is 3.82. The van der Waals surface area contributed by atoms with E-state index in [0.717, 1.165) is 0 Å². The van der Waals surface area contributed by atoms with Gasteiger partial charge in [-0.15, -0.1) is 0 Å². The molecule has 2 aromatic heterocycles. The van der Waals surface area contributed by atoms with Gasteiger partial charge in [-0.2, -0.15) is 0 Å². The van der Waals surface area contributed by atoms with E-state index in [2.05, 4.69) is 10.1 Å². The third kappa shape index (κ3) is 1.68. The van der Waals surface area contributed by atoms with Gasteiger partial charge in [-0.05, 0) is 11.9 Å². The number of rotatable bonds is 0. The Bertz CT molecular complexity index is 396. The molecule has 0 bridgehead atoms. The molecule has 5 nitrogen and oxygen atoms in total. The van der Waals surface area contributed by atoms with Gasteiger partial charge in [0.1, 0.15) is 0 Å². The van der Waals surface area contributed by atoms with E-state index >= 15 is 0 Å². The van der Waals surface area contributed by atoms with E-state index in [1.165, 1.54) is 4.52 Å². The van der Waals surface area contributed by atoms with Crippen molar-refractivity contribution in [1.29, 1.82) is 0 Å². The van der Waals surface area contributed by atoms with Gasteiger partial charge >= 0.3 is 58.2 Å². The van der Waals surface area contributed by atoms with Crippen molar-refractivity contribution in [3.05, 3.63) is 23.9 Å². The second-order valence-electron chi connectivity index (χ2n) is 2.15. The molecule has 6 heteroatoms. The fraction of sp³-hybridized carbons (Fsp3) is 0. The van der Waals surface area contributed by atoms with Crippen molar-refractivity contribution in [3.8, 4) is 0 Å². The summed E-state index contributed by atoms with van der Waals surface area (Å²) in [4.78, 5) is 3.88. The molecule has 2 rings (SSSR count). The van der Waals surface area contributed by atoms with Gasteiger partial charge in [-0.25, -0.2) is 10.1 Å². The molecule has 0 fully saturated rings. The molecule has 0 spiro atoms. The molecule has 0 radical (unpaired) electrons. The van der Waals surface area contributed by atoms with Crippen LogP contribution in [0.5, 0.6) is 0 Å². The maximum Gasteiger partial charge on any atom is 1.00 e. The fourth-order valence-electron chi connectivity index (χ4n) is 0.922. The summed E-state index contributed by atoms with van der Waals surface area (Å²) in [5, 5.41) is 3.81. The van der Waals surface area contributed by atoms with Crippen molar-refractivity contribution in [2.24, 2.45) is 0 Å². The molecule has 0 unspecified atom stereocenters. The van der Waals surface area contributed by atoms with Crippen LogP contribution in [0.4, 0.5) is 11.8 Å². The number of anilines is 1. The maximum atomic E-state index is 7.38. The average Bonchev–Trinajstić information content (AvgIpc) is 2.31. The van der Waals surface area contributed by atoms with Crippen LogP contribution in [0.25, 0.3) is 11.4 Å². The van der Waals surface area contributed by atoms with Crippen molar-refractivity contribution in [3.63, 3.8) is 0 Å². The Hall–Kier alpha value is 0.0252. The van der Waals surface area contributed by atoms with Gasteiger partial charge in [0.2, 0.25) is 5.95 Å². The molecular weight excluding hydrogens is 228 g/mol. The molecule has 0 saturated carbocycles. The zero-order valence-electron chi connectivity index (χ0n) is 6.65. The van der Waals surface area contributed by atoms with Gasteiger partial charge < -0.3 is 16.0 Å². The molecule has 12 heavy (non-hydrogen) atoms. The molecule has 2 aromatic rings. The summed E-state index contributed by atoms with van der Waals surface area (Å²) in [6.07, 6.45) is 0. The van der Waals surface area contributed by atoms with Gasteiger partial charge in [0.15, 0.2) is 0 Å². The monoisotopic (exact) mass is 233 g/mol. The van der Waals surface area contributed by atoms with Gasteiger partial charge in [-0.1, -0.05) is 12.1 Å². The predicted octanol–water partition coefficient (Wildman–Crippen LogP) is -2.00. The summed E-state index contributed by atoms with van der Waals surface area (Å²) >= 11 is 0. The molecule has 56 valence electrons. The average molecular weight is 234 g/mol. The first-order chi connectivity index (χ1) is 5.27. The number of aromatic nitrogens is 3. The van der Waals surface area contributed by atoms with E-state index in [4.69, 9.17) is 11.5 Å². The molecule has 0 aliphatic carbocycles. The number of nitrogen functional groups attached to an aromatic ring is 1. The number of fused-ring (bicyclic) bond motifs is 1. The number of hydrogen-bond acceptors (Lipinski definition) is 3. The Morgan fingerprint density at radius 3 is 2.83 bits per heavy atom. The molecule has 3 N–H and O–H groups in total. The minimum Gasteiger partial charge on any atom is -0.481 e. The maximum absolute atomic E-state index is 7.38. The molecule has 0 aromatic carbocycles. The predicted molar refractivity (Wildman–Crippen MR) is 41.4 cm³/mol. The molecule has 0 atom stereocenters. The summed E-state index contributed by atoms with van der Waals surface area (Å²) in [6, 6.07) is 5.12. The van der Waals surface area contributed by atoms with E-state index in [-0.39, 0.29) is 70.0 Å². The largest absolute Gasteiger partial charge is 1.00 e. The number of nitrogens with two attached hydrogens (primary N) is 1. The zero-order chi connectivity index (χ0) is 7.84. The van der Waals surface area contributed by atoms with Crippen LogP contribution in [0.3, 0.4) is 0 Å². The normalized spacial score (nSPS) is 9.67. The Labute approximate surface area is 118 Å². The van der Waals surface area contributed by atoms with Crippen LogP contribution in [-0.4, -0.2) is 14.6 Å². The van der Waals surface area contributed by atoms with Crippen LogP contribution in [-0.2, 0) is 0 Å². The molecule has 0 saturated heterocycles. The van der Waals surface area contributed by atoms with Crippen LogP contribution in [0, 0.1) is 0 Å². The Balaban J connectivity index is 0.000000720.